The molecule has 0 saturated carbocycles. The van der Waals surface area contributed by atoms with Crippen LogP contribution < -0.4 is 21.7 Å². The minimum Gasteiger partial charge on any atom is -0.408 e. The summed E-state index contributed by atoms with van der Waals surface area (Å²) < 4.78 is 21.8. The molecule has 4 aromatic rings. The van der Waals surface area contributed by atoms with Crippen molar-refractivity contribution in [2.45, 2.75) is 32.5 Å². The summed E-state index contributed by atoms with van der Waals surface area (Å²) >= 11 is 0. The van der Waals surface area contributed by atoms with Gasteiger partial charge < -0.3 is 25.3 Å². The van der Waals surface area contributed by atoms with Crippen molar-refractivity contribution >= 4 is 40.4 Å². The highest BCUT2D eigenvalue weighted by Crippen LogP contribution is 2.15. The maximum atomic E-state index is 14.4. The van der Waals surface area contributed by atoms with Gasteiger partial charge in [-0.1, -0.05) is 6.07 Å². The van der Waals surface area contributed by atoms with E-state index in [-0.39, 0.29) is 35.5 Å². The molecule has 0 bridgehead atoms. The van der Waals surface area contributed by atoms with E-state index in [2.05, 4.69) is 26.0 Å². The van der Waals surface area contributed by atoms with Gasteiger partial charge in [0.15, 0.2) is 17.0 Å². The van der Waals surface area contributed by atoms with Crippen molar-refractivity contribution in [1.29, 1.82) is 0 Å². The number of fused-ring (bicyclic) bond motifs is 2. The number of aromatic nitrogens is 4. The van der Waals surface area contributed by atoms with Crippen LogP contribution in [0, 0.1) is 5.82 Å². The average Bonchev–Trinajstić information content (AvgIpc) is 3.41. The molecule has 5 rings (SSSR count). The smallest absolute Gasteiger partial charge is 0.408 e. The normalized spacial score (nSPS) is 14.2. The number of oxazole rings is 1. The maximum Gasteiger partial charge on any atom is 0.419 e. The van der Waals surface area contributed by atoms with Crippen molar-refractivity contribution in [1.82, 2.24) is 40.0 Å². The van der Waals surface area contributed by atoms with Crippen molar-refractivity contribution in [3.05, 3.63) is 63.8 Å². The summed E-state index contributed by atoms with van der Waals surface area (Å²) in [6.45, 7) is 3.71. The van der Waals surface area contributed by atoms with E-state index >= 15 is 0 Å². The summed E-state index contributed by atoms with van der Waals surface area (Å²) in [5, 5.41) is 11.8. The number of nitrogens with one attached hydrogen (secondary N) is 3. The zero-order chi connectivity index (χ0) is 28.7. The van der Waals surface area contributed by atoms with Crippen LogP contribution in [0.4, 0.5) is 4.39 Å². The first-order chi connectivity index (χ1) is 19.0. The summed E-state index contributed by atoms with van der Waals surface area (Å²) in [7, 11) is 1.56. The number of rotatable bonds is 7. The lowest BCUT2D eigenvalue weighted by Crippen LogP contribution is -2.62. The Kier molecular flexibility index (Phi) is 6.79. The quantitative estimate of drug-likeness (QED) is 0.281. The largest absolute Gasteiger partial charge is 0.419 e. The summed E-state index contributed by atoms with van der Waals surface area (Å²) in [6, 6.07) is 4.90. The molecule has 0 radical (unpaired) electrons. The monoisotopic (exact) mass is 552 g/mol. The first-order valence-electron chi connectivity index (χ1n) is 12.3. The number of amides is 4. The Morgan fingerprint density at radius 3 is 2.65 bits per heavy atom. The van der Waals surface area contributed by atoms with Crippen molar-refractivity contribution in [3.63, 3.8) is 0 Å². The van der Waals surface area contributed by atoms with E-state index in [0.29, 0.717) is 29.8 Å². The van der Waals surface area contributed by atoms with E-state index in [0.717, 1.165) is 16.8 Å². The van der Waals surface area contributed by atoms with E-state index in [1.165, 1.54) is 18.4 Å². The molecule has 1 saturated heterocycles. The van der Waals surface area contributed by atoms with Crippen molar-refractivity contribution < 1.29 is 28.0 Å². The van der Waals surface area contributed by atoms with Crippen molar-refractivity contribution in [2.24, 2.45) is 7.05 Å². The third-order valence-corrected chi connectivity index (χ3v) is 6.62. The van der Waals surface area contributed by atoms with Crippen molar-refractivity contribution in [3.8, 4) is 0 Å². The fourth-order valence-corrected chi connectivity index (χ4v) is 4.26. The van der Waals surface area contributed by atoms with E-state index in [4.69, 9.17) is 4.42 Å². The first-order valence-corrected chi connectivity index (χ1v) is 12.3. The van der Waals surface area contributed by atoms with Crippen LogP contribution in [0.15, 0.2) is 39.7 Å². The van der Waals surface area contributed by atoms with Crippen molar-refractivity contribution in [2.75, 3.05) is 13.1 Å². The van der Waals surface area contributed by atoms with E-state index in [1.807, 2.05) is 0 Å². The van der Waals surface area contributed by atoms with E-state index in [9.17, 15) is 28.4 Å². The molecule has 1 aromatic carbocycles. The predicted octanol–water partition coefficient (Wildman–Crippen LogP) is -0.291. The van der Waals surface area contributed by atoms with Gasteiger partial charge in [0.25, 0.3) is 11.8 Å². The predicted molar refractivity (Wildman–Crippen MR) is 137 cm³/mol. The molecule has 0 unspecified atom stereocenters. The van der Waals surface area contributed by atoms with Gasteiger partial charge in [0.1, 0.15) is 17.4 Å². The van der Waals surface area contributed by atoms with Gasteiger partial charge in [-0.2, -0.15) is 5.10 Å². The SMILES string of the molecule is CC(=O)N1CC(NC(=O)[C@H](C)NC(=O)c2cc(C(=O)NCc3ccc4oc(=O)n(C)c4c3)nc3c(F)cnn23)C1. The highest BCUT2D eigenvalue weighted by Gasteiger charge is 2.31. The minimum atomic E-state index is -0.978. The Balaban J connectivity index is 1.29. The highest BCUT2D eigenvalue weighted by atomic mass is 19.1. The fraction of sp³-hybridized carbons (Fsp3) is 0.320. The molecule has 0 aliphatic carbocycles. The summed E-state index contributed by atoms with van der Waals surface area (Å²) in [4.78, 5) is 67.2. The first kappa shape index (κ1) is 26.5. The number of likely N-dealkylation sites (tertiary alicyclic amines) is 1. The zero-order valence-corrected chi connectivity index (χ0v) is 21.7. The third-order valence-electron chi connectivity index (χ3n) is 6.62. The van der Waals surface area contributed by atoms with Gasteiger partial charge in [0.2, 0.25) is 11.8 Å². The molecular formula is C25H25FN8O6. The molecule has 1 atom stereocenters. The molecular weight excluding hydrogens is 527 g/mol. The molecule has 1 fully saturated rings. The van der Waals surface area contributed by atoms with Gasteiger partial charge in [-0.25, -0.2) is 18.7 Å². The van der Waals surface area contributed by atoms with Crippen LogP contribution in [-0.2, 0) is 23.2 Å². The Morgan fingerprint density at radius 2 is 1.93 bits per heavy atom. The second-order valence-electron chi connectivity index (χ2n) is 9.49. The standard InChI is InChI=1S/C25H25FN8O6/c1-12(22(36)30-15-10-33(11-15)13(2)35)29-24(38)19-7-17(31-21-16(26)9-28-34(19)21)23(37)27-8-14-4-5-20-18(6-14)32(3)25(39)40-20/h4-7,9,12,15H,8,10-11H2,1-3H3,(H,27,37)(H,29,38)(H,30,36)/t12-/m0/s1. The van der Waals surface area contributed by atoms with Crippen LogP contribution in [0.1, 0.15) is 40.4 Å². The molecule has 1 aliphatic rings. The Bertz CT molecular complexity index is 1730. The van der Waals surface area contributed by atoms with Gasteiger partial charge in [-0.05, 0) is 24.6 Å². The minimum absolute atomic E-state index is 0.0453. The van der Waals surface area contributed by atoms with Crippen LogP contribution in [0.25, 0.3) is 16.7 Å². The van der Waals surface area contributed by atoms with Crippen LogP contribution in [-0.4, -0.2) is 72.9 Å². The van der Waals surface area contributed by atoms with Gasteiger partial charge >= 0.3 is 5.76 Å². The van der Waals surface area contributed by atoms with Gasteiger partial charge in [0, 0.05) is 39.7 Å². The molecule has 4 amide bonds. The molecule has 14 nitrogen and oxygen atoms in total. The lowest BCUT2D eigenvalue weighted by Gasteiger charge is -2.39. The average molecular weight is 553 g/mol. The number of hydrogen-bond acceptors (Lipinski definition) is 8. The second-order valence-corrected chi connectivity index (χ2v) is 9.49. The number of carbonyl (C=O) groups excluding carboxylic acids is 4. The number of benzene rings is 1. The topological polar surface area (TPSA) is 173 Å². The third kappa shape index (κ3) is 5.00. The summed E-state index contributed by atoms with van der Waals surface area (Å²) in [5.74, 6) is -3.39. The molecule has 3 aromatic heterocycles. The molecule has 208 valence electrons. The van der Waals surface area contributed by atoms with E-state index < -0.39 is 35.3 Å². The van der Waals surface area contributed by atoms with Gasteiger partial charge in [0.05, 0.1) is 17.8 Å². The highest BCUT2D eigenvalue weighted by molar-refractivity contribution is 6.00. The lowest BCUT2D eigenvalue weighted by molar-refractivity contribution is -0.136. The Labute approximate surface area is 225 Å². The molecule has 40 heavy (non-hydrogen) atoms. The lowest BCUT2D eigenvalue weighted by atomic mass is 10.1. The fourth-order valence-electron chi connectivity index (χ4n) is 4.26. The number of halogens is 1. The summed E-state index contributed by atoms with van der Waals surface area (Å²) in [6.07, 6.45) is 0.860. The number of carbonyl (C=O) groups is 4. The van der Waals surface area contributed by atoms with Crippen LogP contribution in [0.3, 0.4) is 0 Å². The molecule has 1 aliphatic heterocycles. The Hall–Kier alpha value is -5.08. The maximum absolute atomic E-state index is 14.4. The number of hydrogen-bond donors (Lipinski definition) is 3. The van der Waals surface area contributed by atoms with Crippen LogP contribution in [0.5, 0.6) is 0 Å². The number of nitrogens with zero attached hydrogens (tertiary/aromatic N) is 5. The molecule has 4 heterocycles. The molecule has 15 heteroatoms. The van der Waals surface area contributed by atoms with Crippen LogP contribution >= 0.6 is 0 Å². The number of aryl methyl sites for hydroxylation is 1. The zero-order valence-electron chi connectivity index (χ0n) is 21.7. The Morgan fingerprint density at radius 1 is 1.18 bits per heavy atom. The summed E-state index contributed by atoms with van der Waals surface area (Å²) in [5.41, 5.74) is 0.802. The van der Waals surface area contributed by atoms with Crippen LogP contribution in [0.2, 0.25) is 0 Å². The van der Waals surface area contributed by atoms with Gasteiger partial charge in [-0.3, -0.25) is 23.7 Å². The molecule has 3 N–H and O–H groups in total. The van der Waals surface area contributed by atoms with E-state index in [1.54, 1.807) is 30.1 Å². The van der Waals surface area contributed by atoms with Gasteiger partial charge in [-0.15, -0.1) is 0 Å². The molecule has 0 spiro atoms. The second kappa shape index (κ2) is 10.2.